The second-order valence-corrected chi connectivity index (χ2v) is 3.60. The summed E-state index contributed by atoms with van der Waals surface area (Å²) in [5, 5.41) is 0. The van der Waals surface area contributed by atoms with E-state index in [2.05, 4.69) is 37.4 Å². The molecule has 0 saturated heterocycles. The highest BCUT2D eigenvalue weighted by atomic mass is 32.1. The Balaban J connectivity index is 2.98. The Morgan fingerprint density at radius 1 is 1.38 bits per heavy atom. The summed E-state index contributed by atoms with van der Waals surface area (Å²) in [4.78, 5) is 1.14. The Labute approximate surface area is 86.1 Å². The molecule has 0 fully saturated rings. The van der Waals surface area contributed by atoms with Crippen LogP contribution in [0.15, 0.2) is 46.9 Å². The van der Waals surface area contributed by atoms with Gasteiger partial charge < -0.3 is 0 Å². The van der Waals surface area contributed by atoms with Crippen molar-refractivity contribution in [2.45, 2.75) is 26.2 Å². The Kier molecular flexibility index (Phi) is 4.10. The molecule has 0 heterocycles. The number of rotatable bonds is 2. The van der Waals surface area contributed by atoms with Crippen molar-refractivity contribution in [1.29, 1.82) is 0 Å². The van der Waals surface area contributed by atoms with E-state index >= 15 is 0 Å². The summed E-state index contributed by atoms with van der Waals surface area (Å²) in [7, 11) is 0. The average Bonchev–Trinajstić information content (AvgIpc) is 2.13. The molecule has 70 valence electrons. The minimum absolute atomic E-state index is 1.13. The second-order valence-electron chi connectivity index (χ2n) is 3.16. The lowest BCUT2D eigenvalue weighted by Crippen LogP contribution is -1.97. The first-order valence-electron chi connectivity index (χ1n) is 4.66. The van der Waals surface area contributed by atoms with Crippen LogP contribution in [0.3, 0.4) is 0 Å². The molecule has 13 heavy (non-hydrogen) atoms. The quantitative estimate of drug-likeness (QED) is 0.627. The van der Waals surface area contributed by atoms with Gasteiger partial charge in [-0.2, -0.15) is 0 Å². The minimum atomic E-state index is 1.13. The fourth-order valence-electron chi connectivity index (χ4n) is 1.58. The van der Waals surface area contributed by atoms with Gasteiger partial charge in [-0.3, -0.25) is 0 Å². The maximum absolute atomic E-state index is 4.53. The largest absolute Gasteiger partial charge is 0.143 e. The lowest BCUT2D eigenvalue weighted by atomic mass is 9.94. The average molecular weight is 192 g/mol. The van der Waals surface area contributed by atoms with E-state index in [0.717, 1.165) is 17.7 Å². The number of hydrogen-bond donors (Lipinski definition) is 1. The fourth-order valence-corrected chi connectivity index (χ4v) is 1.95. The minimum Gasteiger partial charge on any atom is -0.143 e. The van der Waals surface area contributed by atoms with Crippen LogP contribution in [0.25, 0.3) is 0 Å². The van der Waals surface area contributed by atoms with Gasteiger partial charge in [0.1, 0.15) is 0 Å². The number of hydrogen-bond acceptors (Lipinski definition) is 1. The van der Waals surface area contributed by atoms with Crippen LogP contribution in [0.1, 0.15) is 26.2 Å². The van der Waals surface area contributed by atoms with Gasteiger partial charge in [0.25, 0.3) is 0 Å². The third kappa shape index (κ3) is 2.63. The smallest absolute Gasteiger partial charge is 0.0104 e. The van der Waals surface area contributed by atoms with Crippen molar-refractivity contribution in [2.24, 2.45) is 0 Å². The van der Waals surface area contributed by atoms with Crippen LogP contribution in [0.5, 0.6) is 0 Å². The molecule has 0 radical (unpaired) electrons. The summed E-state index contributed by atoms with van der Waals surface area (Å²) in [6.07, 6.45) is 11.6. The zero-order valence-electron chi connectivity index (χ0n) is 8.09. The van der Waals surface area contributed by atoms with Crippen molar-refractivity contribution in [3.63, 3.8) is 0 Å². The molecule has 0 bridgehead atoms. The van der Waals surface area contributed by atoms with Gasteiger partial charge in [-0.05, 0) is 37.3 Å². The molecule has 1 aliphatic rings. The van der Waals surface area contributed by atoms with Gasteiger partial charge in [0.15, 0.2) is 0 Å². The van der Waals surface area contributed by atoms with Gasteiger partial charge in [0.05, 0.1) is 0 Å². The second kappa shape index (κ2) is 5.13. The van der Waals surface area contributed by atoms with Gasteiger partial charge in [-0.15, -0.1) is 12.6 Å². The molecule has 0 spiro atoms. The van der Waals surface area contributed by atoms with Crippen LogP contribution < -0.4 is 0 Å². The number of allylic oxidation sites excluding steroid dienone is 6. The third-order valence-electron chi connectivity index (χ3n) is 2.19. The molecule has 0 atom stereocenters. The molecule has 0 amide bonds. The molecular weight excluding hydrogens is 176 g/mol. The predicted octanol–water partition coefficient (Wildman–Crippen LogP) is 4.04. The summed E-state index contributed by atoms with van der Waals surface area (Å²) >= 11 is 4.53. The van der Waals surface area contributed by atoms with Crippen molar-refractivity contribution < 1.29 is 0 Å². The lowest BCUT2D eigenvalue weighted by molar-refractivity contribution is 0.793. The van der Waals surface area contributed by atoms with Crippen molar-refractivity contribution in [3.05, 3.63) is 46.9 Å². The van der Waals surface area contributed by atoms with E-state index in [-0.39, 0.29) is 0 Å². The van der Waals surface area contributed by atoms with Gasteiger partial charge in [0.2, 0.25) is 0 Å². The van der Waals surface area contributed by atoms with Gasteiger partial charge >= 0.3 is 0 Å². The zero-order chi connectivity index (χ0) is 9.68. The van der Waals surface area contributed by atoms with Gasteiger partial charge in [-0.1, -0.05) is 30.9 Å². The first-order chi connectivity index (χ1) is 6.29. The molecule has 0 nitrogen and oxygen atoms in total. The summed E-state index contributed by atoms with van der Waals surface area (Å²) in [5.74, 6) is 0. The molecule has 1 aliphatic carbocycles. The highest BCUT2D eigenvalue weighted by Gasteiger charge is 2.11. The normalized spacial score (nSPS) is 21.5. The Bertz CT molecular complexity index is 279. The van der Waals surface area contributed by atoms with Crippen molar-refractivity contribution in [3.8, 4) is 0 Å². The molecule has 0 aromatic carbocycles. The third-order valence-corrected chi connectivity index (χ3v) is 2.76. The first kappa shape index (κ1) is 10.4. The lowest BCUT2D eigenvalue weighted by Gasteiger charge is -2.17. The van der Waals surface area contributed by atoms with Crippen LogP contribution in [0.4, 0.5) is 0 Å². The molecule has 1 heteroatoms. The predicted molar refractivity (Wildman–Crippen MR) is 63.0 cm³/mol. The molecule has 1 rings (SSSR count). The van der Waals surface area contributed by atoms with E-state index in [1.165, 1.54) is 17.6 Å². The van der Waals surface area contributed by atoms with Gasteiger partial charge in [-0.25, -0.2) is 0 Å². The monoisotopic (exact) mass is 192 g/mol. The van der Waals surface area contributed by atoms with E-state index in [1.54, 1.807) is 0 Å². The zero-order valence-corrected chi connectivity index (χ0v) is 8.98. The summed E-state index contributed by atoms with van der Waals surface area (Å²) in [6, 6.07) is 0. The fraction of sp³-hybridized carbons (Fsp3) is 0.333. The van der Waals surface area contributed by atoms with Crippen molar-refractivity contribution >= 4 is 12.6 Å². The highest BCUT2D eigenvalue weighted by molar-refractivity contribution is 7.84. The molecule has 0 aromatic heterocycles. The molecule has 0 aromatic rings. The molecule has 0 unspecified atom stereocenters. The van der Waals surface area contributed by atoms with E-state index in [9.17, 15) is 0 Å². The van der Waals surface area contributed by atoms with E-state index in [4.69, 9.17) is 0 Å². The maximum Gasteiger partial charge on any atom is 0.0104 e. The SMILES string of the molecule is C=C/C=C1\CCCC(/C=C/C)=C1S. The van der Waals surface area contributed by atoms with Crippen LogP contribution in [0, 0.1) is 0 Å². The topological polar surface area (TPSA) is 0 Å². The Morgan fingerprint density at radius 3 is 2.77 bits per heavy atom. The van der Waals surface area contributed by atoms with Crippen LogP contribution >= 0.6 is 12.6 Å². The maximum atomic E-state index is 4.53. The summed E-state index contributed by atoms with van der Waals surface area (Å²) in [5.41, 5.74) is 2.67. The Morgan fingerprint density at radius 2 is 2.15 bits per heavy atom. The van der Waals surface area contributed by atoms with E-state index < -0.39 is 0 Å². The van der Waals surface area contributed by atoms with Crippen molar-refractivity contribution in [2.75, 3.05) is 0 Å². The molecule has 0 saturated carbocycles. The number of thiol groups is 1. The summed E-state index contributed by atoms with van der Waals surface area (Å²) < 4.78 is 0. The Hall–Kier alpha value is -0.690. The molecular formula is C12H16S. The van der Waals surface area contributed by atoms with Crippen LogP contribution in [-0.2, 0) is 0 Å². The molecule has 0 N–H and O–H groups in total. The standard InChI is InChI=1S/C12H16S/c1-3-6-10-8-5-9-11(7-4-2)12(10)13/h3-4,6-7,13H,1,5,8-9H2,2H3/b7-4+,10-6+. The highest BCUT2D eigenvalue weighted by Crippen LogP contribution is 2.32. The first-order valence-corrected chi connectivity index (χ1v) is 5.11. The van der Waals surface area contributed by atoms with Crippen LogP contribution in [0.2, 0.25) is 0 Å². The van der Waals surface area contributed by atoms with E-state index in [1.807, 2.05) is 13.0 Å². The van der Waals surface area contributed by atoms with Crippen molar-refractivity contribution in [1.82, 2.24) is 0 Å². The molecule has 0 aliphatic heterocycles. The summed E-state index contributed by atoms with van der Waals surface area (Å²) in [6.45, 7) is 5.75. The van der Waals surface area contributed by atoms with E-state index in [0.29, 0.717) is 0 Å². The van der Waals surface area contributed by atoms with Crippen LogP contribution in [-0.4, -0.2) is 0 Å². The van der Waals surface area contributed by atoms with Gasteiger partial charge in [0, 0.05) is 4.91 Å².